The third kappa shape index (κ3) is 3.88. The zero-order valence-electron chi connectivity index (χ0n) is 10.3. The maximum atomic E-state index is 5.40. The van der Waals surface area contributed by atoms with Crippen LogP contribution in [0.2, 0.25) is 0 Å². The molecule has 0 spiro atoms. The summed E-state index contributed by atoms with van der Waals surface area (Å²) in [7, 11) is 1.73. The largest absolute Gasteiger partial charge is 0.461 e. The zero-order valence-corrected chi connectivity index (χ0v) is 10.3. The molecule has 0 amide bonds. The van der Waals surface area contributed by atoms with Crippen molar-refractivity contribution < 1.29 is 9.47 Å². The second-order valence-electron chi connectivity index (χ2n) is 3.81. The van der Waals surface area contributed by atoms with E-state index >= 15 is 0 Å². The van der Waals surface area contributed by atoms with Crippen LogP contribution in [0.15, 0.2) is 0 Å². The number of nitrogens with one attached hydrogen (secondary N) is 1. The molecule has 0 aliphatic carbocycles. The Balaban J connectivity index is 2.91. The summed E-state index contributed by atoms with van der Waals surface area (Å²) in [6, 6.07) is 0.537. The van der Waals surface area contributed by atoms with Gasteiger partial charge in [-0.3, -0.25) is 0 Å². The molecule has 0 saturated heterocycles. The normalized spacial score (nSPS) is 10.7. The van der Waals surface area contributed by atoms with Crippen LogP contribution in [0.3, 0.4) is 0 Å². The Morgan fingerprint density at radius 3 is 1.62 bits per heavy atom. The monoisotopic (exact) mass is 226 g/mol. The first-order valence-electron chi connectivity index (χ1n) is 5.28. The van der Waals surface area contributed by atoms with Gasteiger partial charge in [-0.25, -0.2) is 0 Å². The lowest BCUT2D eigenvalue weighted by molar-refractivity contribution is 0.197. The SMILES string of the molecule is CNc1nc(OC(C)C)nc(OC(C)C)n1. The van der Waals surface area contributed by atoms with Crippen molar-refractivity contribution in [2.75, 3.05) is 12.4 Å². The van der Waals surface area contributed by atoms with Crippen LogP contribution in [-0.4, -0.2) is 34.2 Å². The fraction of sp³-hybridized carbons (Fsp3) is 0.700. The Bertz CT molecular complexity index is 313. The van der Waals surface area contributed by atoms with Crippen LogP contribution in [0.4, 0.5) is 5.95 Å². The molecule has 90 valence electrons. The van der Waals surface area contributed by atoms with Crippen LogP contribution in [0.1, 0.15) is 27.7 Å². The van der Waals surface area contributed by atoms with Gasteiger partial charge in [0.2, 0.25) is 5.95 Å². The number of aromatic nitrogens is 3. The van der Waals surface area contributed by atoms with E-state index in [0.29, 0.717) is 5.95 Å². The maximum absolute atomic E-state index is 5.40. The van der Waals surface area contributed by atoms with Crippen molar-refractivity contribution in [3.63, 3.8) is 0 Å². The molecule has 16 heavy (non-hydrogen) atoms. The number of hydrogen-bond acceptors (Lipinski definition) is 6. The Morgan fingerprint density at radius 1 is 0.875 bits per heavy atom. The van der Waals surface area contributed by atoms with E-state index in [1.165, 1.54) is 0 Å². The minimum Gasteiger partial charge on any atom is -0.461 e. The standard InChI is InChI=1S/C10H18N4O2/c1-6(2)15-9-12-8(11-5)13-10(14-9)16-7(3)4/h6-7H,1-5H3,(H,11,12,13,14). The van der Waals surface area contributed by atoms with Gasteiger partial charge in [0.1, 0.15) is 0 Å². The van der Waals surface area contributed by atoms with E-state index in [1.807, 2.05) is 27.7 Å². The summed E-state index contributed by atoms with van der Waals surface area (Å²) in [5, 5.41) is 2.83. The molecule has 1 rings (SSSR count). The Kier molecular flexibility index (Phi) is 4.28. The first kappa shape index (κ1) is 12.5. The highest BCUT2D eigenvalue weighted by molar-refractivity contribution is 5.26. The third-order valence-corrected chi connectivity index (χ3v) is 1.50. The van der Waals surface area contributed by atoms with Crippen molar-refractivity contribution in [1.29, 1.82) is 0 Å². The van der Waals surface area contributed by atoms with Gasteiger partial charge in [0, 0.05) is 7.05 Å². The average molecular weight is 226 g/mol. The smallest absolute Gasteiger partial charge is 0.324 e. The lowest BCUT2D eigenvalue weighted by Crippen LogP contribution is -2.14. The fourth-order valence-electron chi connectivity index (χ4n) is 0.977. The summed E-state index contributed by atoms with van der Waals surface area (Å²) < 4.78 is 10.8. The van der Waals surface area contributed by atoms with Crippen molar-refractivity contribution in [3.05, 3.63) is 0 Å². The van der Waals surface area contributed by atoms with E-state index in [9.17, 15) is 0 Å². The second-order valence-corrected chi connectivity index (χ2v) is 3.81. The summed E-state index contributed by atoms with van der Waals surface area (Å²) in [6.45, 7) is 7.63. The first-order chi connectivity index (χ1) is 7.51. The molecule has 1 N–H and O–H groups in total. The van der Waals surface area contributed by atoms with Gasteiger partial charge in [0.25, 0.3) is 0 Å². The number of anilines is 1. The van der Waals surface area contributed by atoms with Gasteiger partial charge in [0.15, 0.2) is 0 Å². The zero-order chi connectivity index (χ0) is 12.1. The van der Waals surface area contributed by atoms with Crippen LogP contribution >= 0.6 is 0 Å². The van der Waals surface area contributed by atoms with Crippen LogP contribution in [0.25, 0.3) is 0 Å². The number of nitrogens with zero attached hydrogens (tertiary/aromatic N) is 3. The van der Waals surface area contributed by atoms with Crippen molar-refractivity contribution in [3.8, 4) is 12.0 Å². The Hall–Kier alpha value is -1.59. The summed E-state index contributed by atoms with van der Waals surface area (Å²) >= 11 is 0. The van der Waals surface area contributed by atoms with Crippen molar-refractivity contribution in [1.82, 2.24) is 15.0 Å². The quantitative estimate of drug-likeness (QED) is 0.820. The Labute approximate surface area is 95.4 Å². The molecule has 6 heteroatoms. The summed E-state index contributed by atoms with van der Waals surface area (Å²) in [5.41, 5.74) is 0. The average Bonchev–Trinajstić information content (AvgIpc) is 2.14. The molecule has 0 aliphatic heterocycles. The molecule has 0 unspecified atom stereocenters. The highest BCUT2D eigenvalue weighted by Gasteiger charge is 2.10. The molecular weight excluding hydrogens is 208 g/mol. The molecule has 0 radical (unpaired) electrons. The second kappa shape index (κ2) is 5.48. The van der Waals surface area contributed by atoms with E-state index in [-0.39, 0.29) is 24.2 Å². The molecule has 0 fully saturated rings. The molecule has 0 bridgehead atoms. The predicted octanol–water partition coefficient (Wildman–Crippen LogP) is 1.49. The van der Waals surface area contributed by atoms with Gasteiger partial charge in [-0.15, -0.1) is 4.98 Å². The van der Waals surface area contributed by atoms with Gasteiger partial charge < -0.3 is 14.8 Å². The third-order valence-electron chi connectivity index (χ3n) is 1.50. The first-order valence-corrected chi connectivity index (χ1v) is 5.28. The van der Waals surface area contributed by atoms with E-state index in [4.69, 9.17) is 9.47 Å². The van der Waals surface area contributed by atoms with Crippen LogP contribution in [0, 0.1) is 0 Å². The van der Waals surface area contributed by atoms with E-state index in [0.717, 1.165) is 0 Å². The fourth-order valence-corrected chi connectivity index (χ4v) is 0.977. The lowest BCUT2D eigenvalue weighted by Gasteiger charge is -2.11. The number of rotatable bonds is 5. The van der Waals surface area contributed by atoms with Crippen molar-refractivity contribution >= 4 is 5.95 Å². The van der Waals surface area contributed by atoms with E-state index in [1.54, 1.807) is 7.05 Å². The molecule has 0 aliphatic rings. The molecule has 1 heterocycles. The molecule has 6 nitrogen and oxygen atoms in total. The van der Waals surface area contributed by atoms with Crippen LogP contribution < -0.4 is 14.8 Å². The van der Waals surface area contributed by atoms with Crippen LogP contribution in [0.5, 0.6) is 12.0 Å². The van der Waals surface area contributed by atoms with Crippen molar-refractivity contribution in [2.45, 2.75) is 39.9 Å². The van der Waals surface area contributed by atoms with Crippen LogP contribution in [-0.2, 0) is 0 Å². The van der Waals surface area contributed by atoms with Gasteiger partial charge in [-0.05, 0) is 27.7 Å². The summed E-state index contributed by atoms with van der Waals surface area (Å²) in [4.78, 5) is 12.2. The minimum atomic E-state index is 0.0130. The molecule has 0 aromatic carbocycles. The molecule has 0 saturated carbocycles. The van der Waals surface area contributed by atoms with Gasteiger partial charge in [-0.2, -0.15) is 9.97 Å². The molecule has 1 aromatic heterocycles. The van der Waals surface area contributed by atoms with Gasteiger partial charge in [-0.1, -0.05) is 0 Å². The molecule has 1 aromatic rings. The van der Waals surface area contributed by atoms with E-state index in [2.05, 4.69) is 20.3 Å². The van der Waals surface area contributed by atoms with Gasteiger partial charge in [0.05, 0.1) is 12.2 Å². The number of hydrogen-bond donors (Lipinski definition) is 1. The maximum Gasteiger partial charge on any atom is 0.324 e. The summed E-state index contributed by atoms with van der Waals surface area (Å²) in [5.74, 6) is 0.432. The van der Waals surface area contributed by atoms with Gasteiger partial charge >= 0.3 is 12.0 Å². The van der Waals surface area contributed by atoms with E-state index < -0.39 is 0 Å². The highest BCUT2D eigenvalue weighted by Crippen LogP contribution is 2.14. The van der Waals surface area contributed by atoms with Crippen molar-refractivity contribution in [2.24, 2.45) is 0 Å². The topological polar surface area (TPSA) is 69.2 Å². The minimum absolute atomic E-state index is 0.0130. The predicted molar refractivity (Wildman–Crippen MR) is 60.9 cm³/mol. The number of ether oxygens (including phenoxy) is 2. The lowest BCUT2D eigenvalue weighted by atomic mass is 10.5. The molecule has 0 atom stereocenters. The Morgan fingerprint density at radius 2 is 1.31 bits per heavy atom. The molecular formula is C10H18N4O2. The summed E-state index contributed by atoms with van der Waals surface area (Å²) in [6.07, 6.45) is 0.0259. The highest BCUT2D eigenvalue weighted by atomic mass is 16.5.